The summed E-state index contributed by atoms with van der Waals surface area (Å²) in [4.78, 5) is 28.3. The summed E-state index contributed by atoms with van der Waals surface area (Å²) >= 11 is 0. The Labute approximate surface area is 168 Å². The number of aliphatic hydroxyl groups excluding tert-OH is 1. The number of H-pyrrole nitrogens is 1. The molecule has 0 spiro atoms. The van der Waals surface area contributed by atoms with Crippen molar-refractivity contribution in [3.05, 3.63) is 69.4 Å². The second-order valence-electron chi connectivity index (χ2n) is 8.11. The second-order valence-corrected chi connectivity index (χ2v) is 8.11. The van der Waals surface area contributed by atoms with Crippen molar-refractivity contribution in [1.29, 1.82) is 0 Å². The third kappa shape index (κ3) is 3.85. The summed E-state index contributed by atoms with van der Waals surface area (Å²) in [6, 6.07) is 9.86. The van der Waals surface area contributed by atoms with Gasteiger partial charge in [-0.1, -0.05) is 24.6 Å². The minimum atomic E-state index is -0.608. The number of carbonyl (C=O) groups is 1. The molecule has 4 rings (SSSR count). The number of aliphatic hydroxyl groups is 1. The van der Waals surface area contributed by atoms with E-state index in [1.807, 2.05) is 24.4 Å². The lowest BCUT2D eigenvalue weighted by Crippen LogP contribution is -2.45. The van der Waals surface area contributed by atoms with Crippen LogP contribution in [0.1, 0.15) is 46.5 Å². The van der Waals surface area contributed by atoms with Crippen LogP contribution in [0.25, 0.3) is 10.9 Å². The lowest BCUT2D eigenvalue weighted by Gasteiger charge is -2.40. The van der Waals surface area contributed by atoms with Crippen molar-refractivity contribution in [2.24, 2.45) is 5.41 Å². The number of amides is 1. The van der Waals surface area contributed by atoms with Crippen LogP contribution in [0, 0.1) is 12.3 Å². The van der Waals surface area contributed by atoms with E-state index in [1.165, 1.54) is 0 Å². The molecule has 1 saturated carbocycles. The first-order chi connectivity index (χ1) is 14.0. The highest BCUT2D eigenvalue weighted by molar-refractivity contribution is 5.95. The van der Waals surface area contributed by atoms with E-state index >= 15 is 0 Å². The average Bonchev–Trinajstić information content (AvgIpc) is 3.08. The van der Waals surface area contributed by atoms with Crippen LogP contribution in [-0.4, -0.2) is 29.1 Å². The highest BCUT2D eigenvalue weighted by Gasteiger charge is 2.36. The first kappa shape index (κ1) is 19.5. The SMILES string of the molecule is Cc1cc(CCc2c[nH]c3ccccc23)oc(=O)c1C(=O)NCC1(CO)CCC1. The summed E-state index contributed by atoms with van der Waals surface area (Å²) in [5.74, 6) is 0.138. The first-order valence-corrected chi connectivity index (χ1v) is 10.1. The predicted molar refractivity (Wildman–Crippen MR) is 111 cm³/mol. The number of rotatable bonds is 7. The molecule has 3 N–H and O–H groups in total. The number of hydrogen-bond acceptors (Lipinski definition) is 4. The van der Waals surface area contributed by atoms with Crippen LogP contribution in [0.5, 0.6) is 0 Å². The fourth-order valence-corrected chi connectivity index (χ4v) is 4.09. The van der Waals surface area contributed by atoms with Gasteiger partial charge in [-0.15, -0.1) is 0 Å². The molecule has 2 heterocycles. The summed E-state index contributed by atoms with van der Waals surface area (Å²) in [6.45, 7) is 2.18. The maximum absolute atomic E-state index is 12.5. The molecule has 1 aliphatic rings. The Morgan fingerprint density at radius 1 is 1.28 bits per heavy atom. The normalized spacial score (nSPS) is 15.2. The third-order valence-electron chi connectivity index (χ3n) is 6.12. The van der Waals surface area contributed by atoms with Crippen molar-refractivity contribution < 1.29 is 14.3 Å². The summed E-state index contributed by atoms with van der Waals surface area (Å²) in [7, 11) is 0. The second kappa shape index (κ2) is 7.87. The van der Waals surface area contributed by atoms with Crippen molar-refractivity contribution in [1.82, 2.24) is 10.3 Å². The number of carbonyl (C=O) groups excluding carboxylic acids is 1. The van der Waals surface area contributed by atoms with E-state index in [2.05, 4.69) is 16.4 Å². The van der Waals surface area contributed by atoms with E-state index in [9.17, 15) is 14.7 Å². The molecular formula is C23H26N2O4. The van der Waals surface area contributed by atoms with Gasteiger partial charge in [-0.3, -0.25) is 4.79 Å². The molecule has 1 aromatic carbocycles. The largest absolute Gasteiger partial charge is 0.427 e. The number of hydrogen-bond donors (Lipinski definition) is 3. The van der Waals surface area contributed by atoms with Crippen molar-refractivity contribution in [3.63, 3.8) is 0 Å². The standard InChI is InChI=1S/C23H26N2O4/c1-15-11-17(8-7-16-12-24-19-6-3-2-5-18(16)19)29-22(28)20(15)21(27)25-13-23(14-26)9-4-10-23/h2-3,5-6,11-12,24,26H,4,7-10,13-14H2,1H3,(H,25,27). The highest BCUT2D eigenvalue weighted by Crippen LogP contribution is 2.39. The molecule has 6 nitrogen and oxygen atoms in total. The van der Waals surface area contributed by atoms with Gasteiger partial charge in [0.2, 0.25) is 0 Å². The van der Waals surface area contributed by atoms with Gasteiger partial charge < -0.3 is 19.8 Å². The van der Waals surface area contributed by atoms with Gasteiger partial charge in [0.15, 0.2) is 0 Å². The summed E-state index contributed by atoms with van der Waals surface area (Å²) in [5, 5.41) is 13.5. The van der Waals surface area contributed by atoms with Crippen molar-refractivity contribution >= 4 is 16.8 Å². The van der Waals surface area contributed by atoms with Gasteiger partial charge in [-0.2, -0.15) is 0 Å². The van der Waals surface area contributed by atoms with E-state index in [0.717, 1.165) is 42.1 Å². The molecule has 1 aliphatic carbocycles. The average molecular weight is 394 g/mol. The quantitative estimate of drug-likeness (QED) is 0.574. The zero-order valence-electron chi connectivity index (χ0n) is 16.6. The van der Waals surface area contributed by atoms with Crippen LogP contribution < -0.4 is 10.9 Å². The Bertz CT molecular complexity index is 1090. The lowest BCUT2D eigenvalue weighted by atomic mass is 9.69. The fourth-order valence-electron chi connectivity index (χ4n) is 4.09. The zero-order chi connectivity index (χ0) is 20.4. The minimum Gasteiger partial charge on any atom is -0.427 e. The third-order valence-corrected chi connectivity index (χ3v) is 6.12. The molecule has 3 aromatic rings. The molecule has 1 fully saturated rings. The number of aryl methyl sites for hydroxylation is 3. The zero-order valence-corrected chi connectivity index (χ0v) is 16.6. The maximum Gasteiger partial charge on any atom is 0.349 e. The van der Waals surface area contributed by atoms with Gasteiger partial charge in [0, 0.05) is 35.5 Å². The van der Waals surface area contributed by atoms with Crippen LogP contribution in [0.4, 0.5) is 0 Å². The predicted octanol–water partition coefficient (Wildman–Crippen LogP) is 3.11. The van der Waals surface area contributed by atoms with Crippen LogP contribution in [0.3, 0.4) is 0 Å². The Morgan fingerprint density at radius 3 is 2.76 bits per heavy atom. The van der Waals surface area contributed by atoms with Crippen LogP contribution >= 0.6 is 0 Å². The van der Waals surface area contributed by atoms with E-state index < -0.39 is 11.5 Å². The van der Waals surface area contributed by atoms with Gasteiger partial charge in [-0.25, -0.2) is 4.79 Å². The summed E-state index contributed by atoms with van der Waals surface area (Å²) < 4.78 is 5.44. The molecule has 0 aliphatic heterocycles. The Balaban J connectivity index is 1.45. The van der Waals surface area contributed by atoms with Crippen LogP contribution in [-0.2, 0) is 12.8 Å². The molecule has 0 atom stereocenters. The van der Waals surface area contributed by atoms with Gasteiger partial charge in [0.1, 0.15) is 11.3 Å². The van der Waals surface area contributed by atoms with E-state index in [0.29, 0.717) is 24.3 Å². The Hall–Kier alpha value is -2.86. The minimum absolute atomic E-state index is 0.0492. The first-order valence-electron chi connectivity index (χ1n) is 10.1. The molecule has 1 amide bonds. The topological polar surface area (TPSA) is 95.3 Å². The van der Waals surface area contributed by atoms with Gasteiger partial charge in [0.05, 0.1) is 6.61 Å². The highest BCUT2D eigenvalue weighted by atomic mass is 16.4. The number of nitrogens with one attached hydrogen (secondary N) is 2. The number of fused-ring (bicyclic) bond motifs is 1. The molecule has 29 heavy (non-hydrogen) atoms. The number of aromatic amines is 1. The maximum atomic E-state index is 12.5. The molecule has 6 heteroatoms. The number of benzene rings is 1. The summed E-state index contributed by atoms with van der Waals surface area (Å²) in [5.41, 5.74) is 2.07. The fraction of sp³-hybridized carbons (Fsp3) is 0.391. The smallest absolute Gasteiger partial charge is 0.349 e. The monoisotopic (exact) mass is 394 g/mol. The summed E-state index contributed by atoms with van der Waals surface area (Å²) in [6.07, 6.45) is 6.14. The van der Waals surface area contributed by atoms with E-state index in [1.54, 1.807) is 13.0 Å². The van der Waals surface area contributed by atoms with Crippen molar-refractivity contribution in [2.45, 2.75) is 39.0 Å². The van der Waals surface area contributed by atoms with Crippen molar-refractivity contribution in [2.75, 3.05) is 13.2 Å². The van der Waals surface area contributed by atoms with Crippen LogP contribution in [0.15, 0.2) is 45.7 Å². The molecule has 2 aromatic heterocycles. The molecule has 0 saturated heterocycles. The number of aromatic nitrogens is 1. The van der Waals surface area contributed by atoms with E-state index in [-0.39, 0.29) is 17.6 Å². The van der Waals surface area contributed by atoms with Gasteiger partial charge >= 0.3 is 5.63 Å². The lowest BCUT2D eigenvalue weighted by molar-refractivity contribution is 0.0428. The number of para-hydroxylation sites is 1. The molecule has 0 radical (unpaired) electrons. The van der Waals surface area contributed by atoms with Gasteiger partial charge in [0.25, 0.3) is 5.91 Å². The van der Waals surface area contributed by atoms with Gasteiger partial charge in [-0.05, 0) is 49.4 Å². The van der Waals surface area contributed by atoms with E-state index in [4.69, 9.17) is 4.42 Å². The molecule has 0 bridgehead atoms. The molecule has 0 unspecified atom stereocenters. The molecule has 152 valence electrons. The Morgan fingerprint density at radius 2 is 2.07 bits per heavy atom. The Kier molecular flexibility index (Phi) is 5.28. The van der Waals surface area contributed by atoms with Crippen LogP contribution in [0.2, 0.25) is 0 Å². The molecular weight excluding hydrogens is 368 g/mol. The van der Waals surface area contributed by atoms with Crippen molar-refractivity contribution in [3.8, 4) is 0 Å².